The van der Waals surface area contributed by atoms with Gasteiger partial charge < -0.3 is 14.0 Å². The first-order valence-electron chi connectivity index (χ1n) is 6.99. The van der Waals surface area contributed by atoms with Gasteiger partial charge in [0, 0.05) is 11.1 Å². The van der Waals surface area contributed by atoms with E-state index in [1.807, 2.05) is 13.8 Å². The number of carbonyl (C=O) groups is 1. The minimum Gasteiger partial charge on any atom is -0.481 e. The van der Waals surface area contributed by atoms with Gasteiger partial charge in [0.2, 0.25) is 0 Å². The standard InChI is InChI=1S/C15H16BrClN2O4/c1-4-21-9(3)15-18-13(23-19-15)7-22-14-11(8(2)20)5-10(16)6-12(14)17/h5-6,9H,4,7H2,1-3H3. The summed E-state index contributed by atoms with van der Waals surface area (Å²) in [5.41, 5.74) is 0.381. The molecule has 0 fully saturated rings. The largest absolute Gasteiger partial charge is 0.481 e. The summed E-state index contributed by atoms with van der Waals surface area (Å²) in [6.07, 6.45) is -0.262. The van der Waals surface area contributed by atoms with Gasteiger partial charge in [0.25, 0.3) is 5.89 Å². The molecule has 0 saturated heterocycles. The van der Waals surface area contributed by atoms with Crippen molar-refractivity contribution >= 4 is 33.3 Å². The zero-order chi connectivity index (χ0) is 17.0. The highest BCUT2D eigenvalue weighted by molar-refractivity contribution is 9.10. The lowest BCUT2D eigenvalue weighted by molar-refractivity contribution is 0.0683. The van der Waals surface area contributed by atoms with E-state index >= 15 is 0 Å². The van der Waals surface area contributed by atoms with Gasteiger partial charge in [0.1, 0.15) is 11.9 Å². The zero-order valence-corrected chi connectivity index (χ0v) is 15.3. The maximum Gasteiger partial charge on any atom is 0.264 e. The molecule has 1 heterocycles. The normalized spacial score (nSPS) is 12.2. The smallest absolute Gasteiger partial charge is 0.264 e. The van der Waals surface area contributed by atoms with Gasteiger partial charge in [-0.25, -0.2) is 0 Å². The number of rotatable bonds is 7. The van der Waals surface area contributed by atoms with Crippen LogP contribution < -0.4 is 4.74 Å². The van der Waals surface area contributed by atoms with Gasteiger partial charge in [-0.05, 0) is 32.9 Å². The summed E-state index contributed by atoms with van der Waals surface area (Å²) in [6, 6.07) is 3.31. The fraction of sp³-hybridized carbons (Fsp3) is 0.400. The first-order chi connectivity index (χ1) is 10.9. The summed E-state index contributed by atoms with van der Waals surface area (Å²) in [6.45, 7) is 5.73. The number of ketones is 1. The van der Waals surface area contributed by atoms with Crippen molar-refractivity contribution in [2.75, 3.05) is 6.61 Å². The summed E-state index contributed by atoms with van der Waals surface area (Å²) >= 11 is 9.45. The second-order valence-corrected chi connectivity index (χ2v) is 6.08. The van der Waals surface area contributed by atoms with E-state index in [2.05, 4.69) is 26.1 Å². The monoisotopic (exact) mass is 402 g/mol. The maximum atomic E-state index is 11.7. The Kier molecular flexibility index (Phi) is 6.15. The summed E-state index contributed by atoms with van der Waals surface area (Å²) in [5.74, 6) is 0.860. The van der Waals surface area contributed by atoms with Crippen LogP contribution in [0.2, 0.25) is 5.02 Å². The van der Waals surface area contributed by atoms with E-state index in [4.69, 9.17) is 25.6 Å². The van der Waals surface area contributed by atoms with Crippen LogP contribution in [0.3, 0.4) is 0 Å². The molecule has 0 amide bonds. The van der Waals surface area contributed by atoms with E-state index < -0.39 is 0 Å². The SMILES string of the molecule is CCOC(C)c1noc(COc2c(Cl)cc(Br)cc2C(C)=O)n1. The number of hydrogen-bond acceptors (Lipinski definition) is 6. The number of halogens is 2. The van der Waals surface area contributed by atoms with Gasteiger partial charge in [-0.3, -0.25) is 4.79 Å². The fourth-order valence-electron chi connectivity index (χ4n) is 1.92. The van der Waals surface area contributed by atoms with E-state index in [0.717, 1.165) is 0 Å². The molecule has 124 valence electrons. The van der Waals surface area contributed by atoms with Crippen molar-refractivity contribution in [3.8, 4) is 5.75 Å². The Bertz CT molecular complexity index is 705. The predicted molar refractivity (Wildman–Crippen MR) is 87.8 cm³/mol. The second-order valence-electron chi connectivity index (χ2n) is 4.75. The van der Waals surface area contributed by atoms with Crippen LogP contribution in [-0.2, 0) is 11.3 Å². The molecule has 0 radical (unpaired) electrons. The average Bonchev–Trinajstić information content (AvgIpc) is 2.94. The third kappa shape index (κ3) is 4.53. The van der Waals surface area contributed by atoms with Crippen molar-refractivity contribution in [2.45, 2.75) is 33.5 Å². The zero-order valence-electron chi connectivity index (χ0n) is 12.9. The molecule has 0 aliphatic carbocycles. The molecular formula is C15H16BrClN2O4. The van der Waals surface area contributed by atoms with Crippen LogP contribution in [0.15, 0.2) is 21.1 Å². The molecule has 0 spiro atoms. The first kappa shape index (κ1) is 17.9. The van der Waals surface area contributed by atoms with E-state index in [1.165, 1.54) is 6.92 Å². The van der Waals surface area contributed by atoms with Crippen molar-refractivity contribution in [1.29, 1.82) is 0 Å². The van der Waals surface area contributed by atoms with Crippen LogP contribution in [0.5, 0.6) is 5.75 Å². The molecule has 0 bridgehead atoms. The van der Waals surface area contributed by atoms with Crippen LogP contribution in [0.25, 0.3) is 0 Å². The van der Waals surface area contributed by atoms with Gasteiger partial charge in [0.05, 0.1) is 10.6 Å². The number of ether oxygens (including phenoxy) is 2. The third-order valence-electron chi connectivity index (χ3n) is 2.99. The van der Waals surface area contributed by atoms with Crippen molar-refractivity contribution in [1.82, 2.24) is 10.1 Å². The molecule has 0 saturated carbocycles. The lowest BCUT2D eigenvalue weighted by atomic mass is 10.1. The Labute approximate surface area is 147 Å². The van der Waals surface area contributed by atoms with Gasteiger partial charge in [-0.1, -0.05) is 32.7 Å². The van der Waals surface area contributed by atoms with Crippen molar-refractivity contribution in [3.63, 3.8) is 0 Å². The maximum absolute atomic E-state index is 11.7. The number of hydrogen-bond donors (Lipinski definition) is 0. The number of nitrogens with zero attached hydrogens (tertiary/aromatic N) is 2. The molecule has 0 aliphatic heterocycles. The molecule has 0 N–H and O–H groups in total. The fourth-order valence-corrected chi connectivity index (χ4v) is 2.78. The van der Waals surface area contributed by atoms with E-state index in [-0.39, 0.29) is 24.4 Å². The quantitative estimate of drug-likeness (QED) is 0.639. The Morgan fingerprint density at radius 1 is 1.48 bits per heavy atom. The summed E-state index contributed by atoms with van der Waals surface area (Å²) in [4.78, 5) is 15.9. The number of Topliss-reactive ketones (excluding diaryl/α,β-unsaturated/α-hetero) is 1. The number of carbonyl (C=O) groups excluding carboxylic acids is 1. The Hall–Kier alpha value is -1.44. The number of aromatic nitrogens is 2. The second kappa shape index (κ2) is 7.90. The topological polar surface area (TPSA) is 74.5 Å². The highest BCUT2D eigenvalue weighted by Crippen LogP contribution is 2.33. The van der Waals surface area contributed by atoms with Crippen molar-refractivity contribution in [2.24, 2.45) is 0 Å². The van der Waals surface area contributed by atoms with Crippen LogP contribution in [0.1, 0.15) is 48.9 Å². The lowest BCUT2D eigenvalue weighted by Crippen LogP contribution is -2.04. The van der Waals surface area contributed by atoms with Crippen LogP contribution >= 0.6 is 27.5 Å². The van der Waals surface area contributed by atoms with Gasteiger partial charge >= 0.3 is 0 Å². The van der Waals surface area contributed by atoms with E-state index in [1.54, 1.807) is 12.1 Å². The van der Waals surface area contributed by atoms with Crippen LogP contribution in [0, 0.1) is 0 Å². The highest BCUT2D eigenvalue weighted by atomic mass is 79.9. The molecule has 1 aromatic heterocycles. The molecule has 0 aliphatic rings. The van der Waals surface area contributed by atoms with Crippen molar-refractivity contribution in [3.05, 3.63) is 38.9 Å². The Balaban J connectivity index is 2.14. The first-order valence-corrected chi connectivity index (χ1v) is 8.16. The molecular weight excluding hydrogens is 388 g/mol. The van der Waals surface area contributed by atoms with Gasteiger partial charge in [-0.15, -0.1) is 0 Å². The van der Waals surface area contributed by atoms with E-state index in [0.29, 0.717) is 33.2 Å². The predicted octanol–water partition coefficient (Wildman–Crippen LogP) is 4.36. The van der Waals surface area contributed by atoms with Gasteiger partial charge in [0.15, 0.2) is 18.2 Å². The average molecular weight is 404 g/mol. The lowest BCUT2D eigenvalue weighted by Gasteiger charge is -2.10. The van der Waals surface area contributed by atoms with Crippen LogP contribution in [0.4, 0.5) is 0 Å². The third-order valence-corrected chi connectivity index (χ3v) is 3.73. The summed E-state index contributed by atoms with van der Waals surface area (Å²) in [5, 5.41) is 4.17. The summed E-state index contributed by atoms with van der Waals surface area (Å²) < 4.78 is 16.8. The molecule has 23 heavy (non-hydrogen) atoms. The van der Waals surface area contributed by atoms with Crippen LogP contribution in [-0.4, -0.2) is 22.5 Å². The molecule has 6 nitrogen and oxygen atoms in total. The molecule has 8 heteroatoms. The Morgan fingerprint density at radius 2 is 2.22 bits per heavy atom. The molecule has 1 aromatic carbocycles. The minimum atomic E-state index is -0.262. The molecule has 1 unspecified atom stereocenters. The number of benzene rings is 1. The molecule has 1 atom stereocenters. The minimum absolute atomic E-state index is 0.00742. The summed E-state index contributed by atoms with van der Waals surface area (Å²) in [7, 11) is 0. The van der Waals surface area contributed by atoms with E-state index in [9.17, 15) is 4.79 Å². The van der Waals surface area contributed by atoms with Crippen molar-refractivity contribution < 1.29 is 18.8 Å². The van der Waals surface area contributed by atoms with Gasteiger partial charge in [-0.2, -0.15) is 4.98 Å². The molecule has 2 rings (SSSR count). The Morgan fingerprint density at radius 3 is 2.87 bits per heavy atom. The molecule has 2 aromatic rings. The highest BCUT2D eigenvalue weighted by Gasteiger charge is 2.17.